The number of carbonyl (C=O) groups excluding carboxylic acids is 1. The lowest BCUT2D eigenvalue weighted by molar-refractivity contribution is -0.302. The topological polar surface area (TPSA) is 55.7 Å². The van der Waals surface area contributed by atoms with Crippen LogP contribution in [0.4, 0.5) is 5.69 Å². The van der Waals surface area contributed by atoms with E-state index < -0.39 is 5.97 Å². The van der Waals surface area contributed by atoms with E-state index in [0.29, 0.717) is 0 Å². The van der Waals surface area contributed by atoms with Crippen LogP contribution in [-0.4, -0.2) is 32.3 Å². The average Bonchev–Trinajstić information content (AvgIpc) is 2.95. The Balaban J connectivity index is 0.000000983. The van der Waals surface area contributed by atoms with Gasteiger partial charge in [0.05, 0.1) is 5.71 Å². The van der Waals surface area contributed by atoms with Crippen molar-refractivity contribution in [3.05, 3.63) is 150 Å². The molecule has 0 fully saturated rings. The Morgan fingerprint density at radius 3 is 1.82 bits per heavy atom. The molecule has 1 aliphatic rings. The molecule has 198 valence electrons. The summed E-state index contributed by atoms with van der Waals surface area (Å²) in [5, 5.41) is 8.89. The molecule has 0 N–H and O–H groups in total. The minimum absolute atomic E-state index is 0.789. The molecular weight excluding hydrogens is 480 g/mol. The normalized spacial score (nSPS) is 12.7. The number of carboxylic acids is 1. The molecule has 4 rings (SSSR count). The molecule has 4 nitrogen and oxygen atoms in total. The first-order valence-electron chi connectivity index (χ1n) is 13.0. The lowest BCUT2D eigenvalue weighted by atomic mass is 9.94. The number of aliphatic carboxylic acids is 1. The average molecular weight is 516 g/mol. The largest absolute Gasteiger partial charge is 0.550 e. The zero-order valence-electron chi connectivity index (χ0n) is 23.0. The van der Waals surface area contributed by atoms with E-state index in [1.165, 1.54) is 39.1 Å². The van der Waals surface area contributed by atoms with E-state index in [0.717, 1.165) is 19.2 Å². The van der Waals surface area contributed by atoms with E-state index in [9.17, 15) is 0 Å². The minimum Gasteiger partial charge on any atom is -0.550 e. The summed E-state index contributed by atoms with van der Waals surface area (Å²) in [4.78, 5) is 15.5. The van der Waals surface area contributed by atoms with Gasteiger partial charge in [-0.15, -0.1) is 0 Å². The molecule has 1 aliphatic carbocycles. The number of nitrogens with zero attached hydrogens (tertiary/aromatic N) is 2. The van der Waals surface area contributed by atoms with Gasteiger partial charge in [0, 0.05) is 32.3 Å². The standard InChI is InChI=1S/C33H32N2.C2H4O2/c1-4-34-30-22-18-28(19-23-30)32(26-12-7-5-8-13-26)16-11-17-33(27-14-9-6-10-15-27)29-20-24-31(25-21-29)35(2)3;1-2(3)4/h5-25H,4H2,1-3H3;1H3,(H,3,4)/p-1. The third-order valence-electron chi connectivity index (χ3n) is 5.91. The molecule has 4 heteroatoms. The Kier molecular flexibility index (Phi) is 11.0. The van der Waals surface area contributed by atoms with Crippen LogP contribution >= 0.6 is 0 Å². The molecule has 0 aromatic heterocycles. The molecule has 3 aromatic carbocycles. The first-order chi connectivity index (χ1) is 18.9. The third-order valence-corrected chi connectivity index (χ3v) is 5.91. The summed E-state index contributed by atoms with van der Waals surface area (Å²) in [5.41, 5.74) is 9.33. The number of allylic oxidation sites excluding steroid dienone is 9. The maximum absolute atomic E-state index is 8.89. The SMILES string of the molecule is CC(=O)[O-].CCN=C1C=CC(=C(C=CC=C(c2ccccc2)c2ccc(N(C)C)cc2)c2ccccc2)C=C1. The van der Waals surface area contributed by atoms with Gasteiger partial charge in [-0.1, -0.05) is 103 Å². The minimum atomic E-state index is -1.08. The number of rotatable bonds is 7. The lowest BCUT2D eigenvalue weighted by Gasteiger charge is -2.14. The second kappa shape index (κ2) is 14.9. The highest BCUT2D eigenvalue weighted by Gasteiger charge is 2.07. The van der Waals surface area contributed by atoms with E-state index in [1.807, 2.05) is 0 Å². The van der Waals surface area contributed by atoms with Gasteiger partial charge in [-0.05, 0) is 71.5 Å². The van der Waals surface area contributed by atoms with E-state index in [4.69, 9.17) is 9.90 Å². The quantitative estimate of drug-likeness (QED) is 0.336. The fourth-order valence-corrected chi connectivity index (χ4v) is 4.06. The van der Waals surface area contributed by atoms with Gasteiger partial charge >= 0.3 is 0 Å². The fourth-order valence-electron chi connectivity index (χ4n) is 4.06. The van der Waals surface area contributed by atoms with Crippen molar-refractivity contribution in [1.29, 1.82) is 0 Å². The molecule has 0 heterocycles. The van der Waals surface area contributed by atoms with E-state index in [-0.39, 0.29) is 0 Å². The molecule has 0 saturated carbocycles. The molecule has 3 aromatic rings. The number of aliphatic imine (C=N–C) groups is 1. The van der Waals surface area contributed by atoms with Crippen LogP contribution in [0.2, 0.25) is 0 Å². The van der Waals surface area contributed by atoms with E-state index >= 15 is 0 Å². The number of hydrogen-bond donors (Lipinski definition) is 0. The predicted octanol–water partition coefficient (Wildman–Crippen LogP) is 6.54. The number of carboxylic acid groups (broad SMARTS) is 1. The summed E-state index contributed by atoms with van der Waals surface area (Å²) < 4.78 is 0. The van der Waals surface area contributed by atoms with Crippen LogP contribution < -0.4 is 10.0 Å². The molecule has 0 saturated heterocycles. The number of carbonyl (C=O) groups is 1. The van der Waals surface area contributed by atoms with Crippen LogP contribution in [-0.2, 0) is 4.79 Å². The van der Waals surface area contributed by atoms with Crippen LogP contribution in [0.3, 0.4) is 0 Å². The maximum atomic E-state index is 8.89. The predicted molar refractivity (Wildman–Crippen MR) is 164 cm³/mol. The summed E-state index contributed by atoms with van der Waals surface area (Å²) in [7, 11) is 4.13. The van der Waals surface area contributed by atoms with Gasteiger partial charge in [-0.25, -0.2) is 0 Å². The van der Waals surface area contributed by atoms with Crippen molar-refractivity contribution >= 4 is 28.5 Å². The van der Waals surface area contributed by atoms with Crippen molar-refractivity contribution in [2.45, 2.75) is 13.8 Å². The Morgan fingerprint density at radius 2 is 1.31 bits per heavy atom. The molecule has 0 radical (unpaired) electrons. The monoisotopic (exact) mass is 515 g/mol. The maximum Gasteiger partial charge on any atom is 0.0574 e. The number of anilines is 1. The summed E-state index contributed by atoms with van der Waals surface area (Å²) in [5.74, 6) is -1.08. The van der Waals surface area contributed by atoms with Crippen molar-refractivity contribution in [2.24, 2.45) is 4.99 Å². The smallest absolute Gasteiger partial charge is 0.0574 e. The third kappa shape index (κ3) is 8.97. The van der Waals surface area contributed by atoms with Crippen LogP contribution in [0.15, 0.2) is 138 Å². The zero-order valence-corrected chi connectivity index (χ0v) is 23.0. The zero-order chi connectivity index (χ0) is 28.0. The van der Waals surface area contributed by atoms with Gasteiger partial charge in [-0.2, -0.15) is 0 Å². The highest BCUT2D eigenvalue weighted by atomic mass is 16.4. The summed E-state index contributed by atoms with van der Waals surface area (Å²) >= 11 is 0. The van der Waals surface area contributed by atoms with Crippen LogP contribution in [0.25, 0.3) is 11.1 Å². The number of benzene rings is 3. The van der Waals surface area contributed by atoms with Crippen molar-refractivity contribution in [1.82, 2.24) is 0 Å². The van der Waals surface area contributed by atoms with Crippen molar-refractivity contribution in [3.63, 3.8) is 0 Å². The summed E-state index contributed by atoms with van der Waals surface area (Å²) in [6.07, 6.45) is 15.1. The van der Waals surface area contributed by atoms with Crippen molar-refractivity contribution < 1.29 is 9.90 Å². The van der Waals surface area contributed by atoms with Crippen LogP contribution in [0.5, 0.6) is 0 Å². The molecular formula is C35H35N2O2-. The van der Waals surface area contributed by atoms with Gasteiger partial charge in [0.2, 0.25) is 0 Å². The van der Waals surface area contributed by atoms with Crippen molar-refractivity contribution in [3.8, 4) is 0 Å². The molecule has 0 unspecified atom stereocenters. The molecule has 39 heavy (non-hydrogen) atoms. The Morgan fingerprint density at radius 1 is 0.795 bits per heavy atom. The Labute approximate surface area is 232 Å². The summed E-state index contributed by atoms with van der Waals surface area (Å²) in [6.45, 7) is 3.82. The Hall–Kier alpha value is -4.70. The van der Waals surface area contributed by atoms with Crippen LogP contribution in [0, 0.1) is 0 Å². The fraction of sp³-hybridized carbons (Fsp3) is 0.143. The molecule has 0 amide bonds. The first kappa shape index (κ1) is 28.9. The van der Waals surface area contributed by atoms with Gasteiger partial charge in [-0.3, -0.25) is 4.99 Å². The Bertz CT molecular complexity index is 1380. The van der Waals surface area contributed by atoms with E-state index in [2.05, 4.69) is 158 Å². The second-order valence-corrected chi connectivity index (χ2v) is 9.04. The highest BCUT2D eigenvalue weighted by molar-refractivity contribution is 6.07. The van der Waals surface area contributed by atoms with Crippen molar-refractivity contribution in [2.75, 3.05) is 25.5 Å². The highest BCUT2D eigenvalue weighted by Crippen LogP contribution is 2.27. The summed E-state index contributed by atoms with van der Waals surface area (Å²) in [6, 6.07) is 29.8. The molecule has 0 bridgehead atoms. The van der Waals surface area contributed by atoms with E-state index in [1.54, 1.807) is 0 Å². The first-order valence-corrected chi connectivity index (χ1v) is 13.0. The van der Waals surface area contributed by atoms with Crippen LogP contribution in [0.1, 0.15) is 30.5 Å². The lowest BCUT2D eigenvalue weighted by Crippen LogP contribution is -2.16. The second-order valence-electron chi connectivity index (χ2n) is 9.04. The van der Waals surface area contributed by atoms with Gasteiger partial charge in [0.1, 0.15) is 0 Å². The molecule has 0 atom stereocenters. The van der Waals surface area contributed by atoms with Gasteiger partial charge < -0.3 is 14.8 Å². The number of hydrogen-bond acceptors (Lipinski definition) is 4. The molecule has 0 aliphatic heterocycles. The van der Waals surface area contributed by atoms with Gasteiger partial charge in [0.25, 0.3) is 0 Å². The van der Waals surface area contributed by atoms with Gasteiger partial charge in [0.15, 0.2) is 0 Å². The molecule has 0 spiro atoms.